The topological polar surface area (TPSA) is 9.23 Å². The second-order valence-electron chi connectivity index (χ2n) is 3.53. The van der Waals surface area contributed by atoms with Crippen molar-refractivity contribution in [2.75, 3.05) is 18.5 Å². The first-order chi connectivity index (χ1) is 7.92. The Hall–Kier alpha value is -0.620. The molecule has 0 saturated carbocycles. The minimum Gasteiger partial charge on any atom is -0.371 e. The number of alkyl halides is 4. The lowest BCUT2D eigenvalue weighted by Gasteiger charge is -2.15. The third kappa shape index (κ3) is 5.50. The summed E-state index contributed by atoms with van der Waals surface area (Å²) in [4.78, 5) is 0. The second-order valence-corrected chi connectivity index (χ2v) is 4.18. The molecule has 0 amide bonds. The van der Waals surface area contributed by atoms with Gasteiger partial charge in [-0.25, -0.2) is 4.39 Å². The van der Waals surface area contributed by atoms with Gasteiger partial charge in [0.1, 0.15) is 12.4 Å². The third-order valence-electron chi connectivity index (χ3n) is 2.11. The van der Waals surface area contributed by atoms with Gasteiger partial charge in [-0.2, -0.15) is 13.2 Å². The summed E-state index contributed by atoms with van der Waals surface area (Å²) in [6, 6.07) is 5.62. The van der Waals surface area contributed by atoms with Crippen molar-refractivity contribution in [3.63, 3.8) is 0 Å². The van der Waals surface area contributed by atoms with Crippen molar-refractivity contribution in [3.8, 4) is 0 Å². The van der Waals surface area contributed by atoms with Crippen LogP contribution >= 0.6 is 15.9 Å². The SMILES string of the molecule is Fc1ccc(C(CBr)COCC(F)(F)F)cc1. The molecule has 0 fully saturated rings. The average Bonchev–Trinajstić information content (AvgIpc) is 2.24. The van der Waals surface area contributed by atoms with Crippen LogP contribution in [0.25, 0.3) is 0 Å². The Kier molecular flexibility index (Phi) is 5.39. The van der Waals surface area contributed by atoms with E-state index >= 15 is 0 Å². The quantitative estimate of drug-likeness (QED) is 0.592. The molecule has 0 N–H and O–H groups in total. The van der Waals surface area contributed by atoms with Crippen molar-refractivity contribution < 1.29 is 22.3 Å². The van der Waals surface area contributed by atoms with Crippen molar-refractivity contribution in [2.45, 2.75) is 12.1 Å². The molecule has 1 aromatic carbocycles. The van der Waals surface area contributed by atoms with E-state index in [1.807, 2.05) is 0 Å². The van der Waals surface area contributed by atoms with Gasteiger partial charge >= 0.3 is 6.18 Å². The standard InChI is InChI=1S/C11H11BrF4O/c12-5-9(6-17-7-11(14,15)16)8-1-3-10(13)4-2-8/h1-4,9H,5-7H2. The lowest BCUT2D eigenvalue weighted by Crippen LogP contribution is -2.20. The van der Waals surface area contributed by atoms with Gasteiger partial charge in [0.25, 0.3) is 0 Å². The minimum atomic E-state index is -4.32. The van der Waals surface area contributed by atoms with Crippen LogP contribution in [0.15, 0.2) is 24.3 Å². The first-order valence-electron chi connectivity index (χ1n) is 4.88. The molecule has 17 heavy (non-hydrogen) atoms. The Morgan fingerprint density at radius 3 is 2.24 bits per heavy atom. The maximum Gasteiger partial charge on any atom is 0.411 e. The second kappa shape index (κ2) is 6.35. The fourth-order valence-electron chi connectivity index (χ4n) is 1.28. The number of rotatable bonds is 5. The van der Waals surface area contributed by atoms with Crippen LogP contribution in [-0.4, -0.2) is 24.7 Å². The molecule has 1 aromatic rings. The highest BCUT2D eigenvalue weighted by Crippen LogP contribution is 2.21. The predicted molar refractivity (Wildman–Crippen MR) is 59.8 cm³/mol. The highest BCUT2D eigenvalue weighted by molar-refractivity contribution is 9.09. The predicted octanol–water partition coefficient (Wildman–Crippen LogP) is 3.88. The monoisotopic (exact) mass is 314 g/mol. The summed E-state index contributed by atoms with van der Waals surface area (Å²) in [5, 5.41) is 0.455. The zero-order chi connectivity index (χ0) is 12.9. The van der Waals surface area contributed by atoms with Crippen LogP contribution in [0, 0.1) is 5.82 Å². The fourth-order valence-corrected chi connectivity index (χ4v) is 1.84. The molecule has 0 heterocycles. The fraction of sp³-hybridized carbons (Fsp3) is 0.455. The van der Waals surface area contributed by atoms with Crippen LogP contribution < -0.4 is 0 Å². The minimum absolute atomic E-state index is 0.0591. The maximum absolute atomic E-state index is 12.7. The molecule has 0 aliphatic heterocycles. The van der Waals surface area contributed by atoms with Crippen LogP contribution in [0.5, 0.6) is 0 Å². The number of hydrogen-bond donors (Lipinski definition) is 0. The van der Waals surface area contributed by atoms with Gasteiger partial charge in [-0.3, -0.25) is 0 Å². The molecular formula is C11H11BrF4O. The van der Waals surface area contributed by atoms with E-state index in [1.165, 1.54) is 24.3 Å². The lowest BCUT2D eigenvalue weighted by atomic mass is 10.0. The van der Waals surface area contributed by atoms with Crippen LogP contribution in [-0.2, 0) is 4.74 Å². The average molecular weight is 315 g/mol. The molecular weight excluding hydrogens is 304 g/mol. The van der Waals surface area contributed by atoms with Crippen molar-refractivity contribution in [3.05, 3.63) is 35.6 Å². The Balaban J connectivity index is 2.51. The first-order valence-corrected chi connectivity index (χ1v) is 6.00. The molecule has 0 aromatic heterocycles. The zero-order valence-corrected chi connectivity index (χ0v) is 10.4. The van der Waals surface area contributed by atoms with E-state index in [9.17, 15) is 17.6 Å². The van der Waals surface area contributed by atoms with Crippen LogP contribution in [0.2, 0.25) is 0 Å². The molecule has 1 nitrogen and oxygen atoms in total. The molecule has 0 bridgehead atoms. The summed E-state index contributed by atoms with van der Waals surface area (Å²) in [6.07, 6.45) is -4.32. The molecule has 1 rings (SSSR count). The first kappa shape index (κ1) is 14.4. The van der Waals surface area contributed by atoms with Gasteiger partial charge < -0.3 is 4.74 Å². The van der Waals surface area contributed by atoms with Gasteiger partial charge in [0.05, 0.1) is 6.61 Å². The summed E-state index contributed by atoms with van der Waals surface area (Å²) in [5.41, 5.74) is 0.741. The number of benzene rings is 1. The summed E-state index contributed by atoms with van der Waals surface area (Å²) < 4.78 is 52.9. The van der Waals surface area contributed by atoms with Gasteiger partial charge in [-0.15, -0.1) is 0 Å². The van der Waals surface area contributed by atoms with Gasteiger partial charge in [-0.05, 0) is 17.7 Å². The van der Waals surface area contributed by atoms with E-state index in [-0.39, 0.29) is 18.3 Å². The lowest BCUT2D eigenvalue weighted by molar-refractivity contribution is -0.174. The van der Waals surface area contributed by atoms with Gasteiger partial charge in [0.2, 0.25) is 0 Å². The summed E-state index contributed by atoms with van der Waals surface area (Å²) >= 11 is 3.20. The van der Waals surface area contributed by atoms with E-state index in [2.05, 4.69) is 20.7 Å². The van der Waals surface area contributed by atoms with E-state index < -0.39 is 12.8 Å². The molecule has 1 unspecified atom stereocenters. The zero-order valence-electron chi connectivity index (χ0n) is 8.81. The van der Waals surface area contributed by atoms with Crippen molar-refractivity contribution in [1.82, 2.24) is 0 Å². The van der Waals surface area contributed by atoms with Crippen molar-refractivity contribution >= 4 is 15.9 Å². The van der Waals surface area contributed by atoms with E-state index in [0.717, 1.165) is 5.56 Å². The molecule has 6 heteroatoms. The van der Waals surface area contributed by atoms with Gasteiger partial charge in [0.15, 0.2) is 0 Å². The van der Waals surface area contributed by atoms with Crippen molar-refractivity contribution in [1.29, 1.82) is 0 Å². The Morgan fingerprint density at radius 2 is 1.76 bits per heavy atom. The van der Waals surface area contributed by atoms with Gasteiger partial charge in [-0.1, -0.05) is 28.1 Å². The van der Waals surface area contributed by atoms with E-state index in [4.69, 9.17) is 0 Å². The molecule has 0 spiro atoms. The van der Waals surface area contributed by atoms with Crippen LogP contribution in [0.1, 0.15) is 11.5 Å². The highest BCUT2D eigenvalue weighted by atomic mass is 79.9. The Bertz CT molecular complexity index is 336. The molecule has 0 radical (unpaired) electrons. The smallest absolute Gasteiger partial charge is 0.371 e. The van der Waals surface area contributed by atoms with Crippen LogP contribution in [0.4, 0.5) is 17.6 Å². The third-order valence-corrected chi connectivity index (χ3v) is 2.89. The summed E-state index contributed by atoms with van der Waals surface area (Å²) in [6.45, 7) is -1.33. The number of ether oxygens (including phenoxy) is 1. The molecule has 0 saturated heterocycles. The van der Waals surface area contributed by atoms with E-state index in [1.54, 1.807) is 0 Å². The highest BCUT2D eigenvalue weighted by Gasteiger charge is 2.28. The molecule has 0 aliphatic carbocycles. The Morgan fingerprint density at radius 1 is 1.18 bits per heavy atom. The maximum atomic E-state index is 12.7. The molecule has 0 aliphatic rings. The number of halogens is 5. The van der Waals surface area contributed by atoms with Gasteiger partial charge in [0, 0.05) is 11.2 Å². The number of hydrogen-bond acceptors (Lipinski definition) is 1. The Labute approximate surface area is 105 Å². The molecule has 1 atom stereocenters. The normalized spacial score (nSPS) is 13.7. The van der Waals surface area contributed by atoms with Crippen LogP contribution in [0.3, 0.4) is 0 Å². The summed E-state index contributed by atoms with van der Waals surface area (Å²) in [7, 11) is 0. The van der Waals surface area contributed by atoms with Crippen molar-refractivity contribution in [2.24, 2.45) is 0 Å². The largest absolute Gasteiger partial charge is 0.411 e. The van der Waals surface area contributed by atoms with E-state index in [0.29, 0.717) is 5.33 Å². The molecule has 96 valence electrons. The summed E-state index contributed by atoms with van der Waals surface area (Å²) in [5.74, 6) is -0.601.